The number of fused-ring (bicyclic) bond motifs is 2. The summed E-state index contributed by atoms with van der Waals surface area (Å²) in [6, 6.07) is 11.2. The molecule has 3 aromatic rings. The van der Waals surface area contributed by atoms with E-state index in [0.29, 0.717) is 24.0 Å². The first-order valence-electron chi connectivity index (χ1n) is 11.4. The van der Waals surface area contributed by atoms with Crippen LogP contribution in [0, 0.1) is 0 Å². The van der Waals surface area contributed by atoms with Gasteiger partial charge in [0.25, 0.3) is 0 Å². The number of aromatic amines is 1. The Labute approximate surface area is 184 Å². The minimum absolute atomic E-state index is 0.0214. The third-order valence-corrected chi connectivity index (χ3v) is 5.88. The van der Waals surface area contributed by atoms with Gasteiger partial charge in [0.05, 0.1) is 11.0 Å². The molecule has 1 N–H and O–H groups in total. The van der Waals surface area contributed by atoms with Gasteiger partial charge in [0.15, 0.2) is 5.43 Å². The Hall–Kier alpha value is -2.57. The molecule has 0 bridgehead atoms. The molecule has 0 aliphatic carbocycles. The number of hydrogen-bond acceptors (Lipinski definition) is 5. The monoisotopic (exact) mass is 425 g/mol. The van der Waals surface area contributed by atoms with Crippen molar-refractivity contribution < 1.29 is 9.47 Å². The van der Waals surface area contributed by atoms with Gasteiger partial charge >= 0.3 is 0 Å². The highest BCUT2D eigenvalue weighted by molar-refractivity contribution is 5.93. The second-order valence-electron chi connectivity index (χ2n) is 7.62. The van der Waals surface area contributed by atoms with Gasteiger partial charge in [-0.1, -0.05) is 27.7 Å². The predicted octanol–water partition coefficient (Wildman–Crippen LogP) is 4.12. The van der Waals surface area contributed by atoms with Crippen molar-refractivity contribution in [3.8, 4) is 11.5 Å². The minimum atomic E-state index is 0.0214. The number of nitrogens with one attached hydrogen (secondary N) is 1. The minimum Gasteiger partial charge on any atom is -0.492 e. The van der Waals surface area contributed by atoms with Crippen LogP contribution in [0.25, 0.3) is 21.8 Å². The van der Waals surface area contributed by atoms with Crippen molar-refractivity contribution >= 4 is 21.8 Å². The summed E-state index contributed by atoms with van der Waals surface area (Å²) in [6.45, 7) is 15.6. The third kappa shape index (κ3) is 5.77. The van der Waals surface area contributed by atoms with Crippen LogP contribution in [-0.4, -0.2) is 67.3 Å². The second-order valence-corrected chi connectivity index (χ2v) is 7.62. The average Bonchev–Trinajstić information content (AvgIpc) is 2.79. The number of likely N-dealkylation sites (N-methyl/N-ethyl adjacent to an activating group) is 2. The number of benzene rings is 2. The van der Waals surface area contributed by atoms with Crippen molar-refractivity contribution in [2.45, 2.75) is 27.7 Å². The van der Waals surface area contributed by atoms with Gasteiger partial charge in [-0.3, -0.25) is 4.79 Å². The molecule has 31 heavy (non-hydrogen) atoms. The van der Waals surface area contributed by atoms with Gasteiger partial charge in [-0.25, -0.2) is 0 Å². The van der Waals surface area contributed by atoms with Crippen LogP contribution in [-0.2, 0) is 0 Å². The van der Waals surface area contributed by atoms with Crippen molar-refractivity contribution in [3.63, 3.8) is 0 Å². The standard InChI is InChI=1S/C25H35N3O3/c1-5-27(6-2)13-15-30-19-9-11-21-23(17-19)26-24-18-20(10-12-22(24)25(21)29)31-16-14-28(7-3)8-4/h9-12,17-18H,5-8,13-16H2,1-4H3,(H,26,29). The fourth-order valence-electron chi connectivity index (χ4n) is 3.78. The maximum absolute atomic E-state index is 13.0. The molecule has 3 rings (SSSR count). The molecule has 0 fully saturated rings. The molecule has 0 aliphatic heterocycles. The highest BCUT2D eigenvalue weighted by Crippen LogP contribution is 2.23. The molecule has 2 aromatic carbocycles. The van der Waals surface area contributed by atoms with Gasteiger partial charge in [0.1, 0.15) is 24.7 Å². The number of aromatic nitrogens is 1. The zero-order valence-electron chi connectivity index (χ0n) is 19.2. The summed E-state index contributed by atoms with van der Waals surface area (Å²) in [6.07, 6.45) is 0. The van der Waals surface area contributed by atoms with Gasteiger partial charge < -0.3 is 24.3 Å². The van der Waals surface area contributed by atoms with E-state index < -0.39 is 0 Å². The van der Waals surface area contributed by atoms with E-state index in [4.69, 9.17) is 9.47 Å². The van der Waals surface area contributed by atoms with Crippen molar-refractivity contribution in [2.75, 3.05) is 52.5 Å². The van der Waals surface area contributed by atoms with E-state index >= 15 is 0 Å². The third-order valence-electron chi connectivity index (χ3n) is 5.88. The Morgan fingerprint density at radius 2 is 1.13 bits per heavy atom. The molecule has 0 radical (unpaired) electrons. The van der Waals surface area contributed by atoms with E-state index in [2.05, 4.69) is 42.5 Å². The van der Waals surface area contributed by atoms with Gasteiger partial charge in [-0.15, -0.1) is 0 Å². The molecular formula is C25H35N3O3. The number of rotatable bonds is 12. The van der Waals surface area contributed by atoms with Crippen LogP contribution >= 0.6 is 0 Å². The zero-order chi connectivity index (χ0) is 22.2. The van der Waals surface area contributed by atoms with Crippen LogP contribution in [0.2, 0.25) is 0 Å². The topological polar surface area (TPSA) is 57.8 Å². The molecule has 6 heteroatoms. The van der Waals surface area contributed by atoms with Crippen molar-refractivity contribution in [2.24, 2.45) is 0 Å². The largest absolute Gasteiger partial charge is 0.492 e. The van der Waals surface area contributed by atoms with Crippen LogP contribution in [0.1, 0.15) is 27.7 Å². The SMILES string of the molecule is CCN(CC)CCOc1ccc2c(=O)c3ccc(OCCN(CC)CC)cc3[nH]c2c1. The van der Waals surface area contributed by atoms with E-state index in [9.17, 15) is 4.79 Å². The molecule has 0 spiro atoms. The first-order valence-corrected chi connectivity index (χ1v) is 11.4. The van der Waals surface area contributed by atoms with Crippen molar-refractivity contribution in [1.29, 1.82) is 0 Å². The highest BCUT2D eigenvalue weighted by Gasteiger charge is 2.09. The fraction of sp³-hybridized carbons (Fsp3) is 0.480. The lowest BCUT2D eigenvalue weighted by Crippen LogP contribution is -2.27. The van der Waals surface area contributed by atoms with E-state index in [1.807, 2.05) is 36.4 Å². The van der Waals surface area contributed by atoms with Gasteiger partial charge in [0, 0.05) is 36.0 Å². The fourth-order valence-corrected chi connectivity index (χ4v) is 3.78. The Bertz CT molecular complexity index is 960. The van der Waals surface area contributed by atoms with Crippen LogP contribution in [0.3, 0.4) is 0 Å². The van der Waals surface area contributed by atoms with Crippen molar-refractivity contribution in [1.82, 2.24) is 14.8 Å². The lowest BCUT2D eigenvalue weighted by Gasteiger charge is -2.18. The molecule has 168 valence electrons. The summed E-state index contributed by atoms with van der Waals surface area (Å²) in [5, 5.41) is 1.33. The summed E-state index contributed by atoms with van der Waals surface area (Å²) >= 11 is 0. The Morgan fingerprint density at radius 3 is 1.52 bits per heavy atom. The highest BCUT2D eigenvalue weighted by atomic mass is 16.5. The van der Waals surface area contributed by atoms with Crippen molar-refractivity contribution in [3.05, 3.63) is 46.6 Å². The summed E-state index contributed by atoms with van der Waals surface area (Å²) in [5.74, 6) is 1.53. The number of pyridine rings is 1. The molecule has 0 unspecified atom stereocenters. The summed E-state index contributed by atoms with van der Waals surface area (Å²) in [5.41, 5.74) is 1.57. The van der Waals surface area contributed by atoms with E-state index in [1.54, 1.807) is 0 Å². The Morgan fingerprint density at radius 1 is 0.710 bits per heavy atom. The summed E-state index contributed by atoms with van der Waals surface area (Å²) < 4.78 is 11.9. The molecule has 0 saturated carbocycles. The summed E-state index contributed by atoms with van der Waals surface area (Å²) in [4.78, 5) is 21.0. The quantitative estimate of drug-likeness (QED) is 0.442. The van der Waals surface area contributed by atoms with Crippen LogP contribution in [0.4, 0.5) is 0 Å². The van der Waals surface area contributed by atoms with Gasteiger partial charge in [-0.05, 0) is 50.4 Å². The Balaban J connectivity index is 1.78. The molecule has 0 saturated heterocycles. The molecule has 0 atom stereocenters. The lowest BCUT2D eigenvalue weighted by molar-refractivity contribution is 0.223. The summed E-state index contributed by atoms with van der Waals surface area (Å²) in [7, 11) is 0. The molecular weight excluding hydrogens is 390 g/mol. The van der Waals surface area contributed by atoms with Crippen LogP contribution in [0.5, 0.6) is 11.5 Å². The molecule has 1 aromatic heterocycles. The smallest absolute Gasteiger partial charge is 0.197 e. The predicted molar refractivity (Wildman–Crippen MR) is 129 cm³/mol. The van der Waals surface area contributed by atoms with Crippen LogP contribution < -0.4 is 14.9 Å². The number of H-pyrrole nitrogens is 1. The normalized spacial score (nSPS) is 11.7. The number of ether oxygens (including phenoxy) is 2. The Kier molecular flexibility index (Phi) is 8.32. The van der Waals surface area contributed by atoms with Gasteiger partial charge in [-0.2, -0.15) is 0 Å². The van der Waals surface area contributed by atoms with Gasteiger partial charge in [0.2, 0.25) is 0 Å². The molecule has 6 nitrogen and oxygen atoms in total. The zero-order valence-corrected chi connectivity index (χ0v) is 19.2. The number of nitrogens with zero attached hydrogens (tertiary/aromatic N) is 2. The molecule has 0 aliphatic rings. The lowest BCUT2D eigenvalue weighted by atomic mass is 10.1. The average molecular weight is 426 g/mol. The number of hydrogen-bond donors (Lipinski definition) is 1. The van der Waals surface area contributed by atoms with Crippen LogP contribution in [0.15, 0.2) is 41.2 Å². The first kappa shape index (κ1) is 23.1. The van der Waals surface area contributed by atoms with E-state index in [0.717, 1.165) is 61.8 Å². The molecule has 1 heterocycles. The maximum atomic E-state index is 13.0. The first-order chi connectivity index (χ1) is 15.1. The molecule has 0 amide bonds. The maximum Gasteiger partial charge on any atom is 0.197 e. The van der Waals surface area contributed by atoms with E-state index in [-0.39, 0.29) is 5.43 Å². The second kappa shape index (κ2) is 11.2. The van der Waals surface area contributed by atoms with E-state index in [1.165, 1.54) is 0 Å².